The average molecular weight is 341 g/mol. The fourth-order valence-corrected chi connectivity index (χ4v) is 2.82. The minimum Gasteiger partial charge on any atom is -0.353 e. The maximum absolute atomic E-state index is 12.1. The van der Waals surface area contributed by atoms with E-state index >= 15 is 0 Å². The predicted molar refractivity (Wildman–Crippen MR) is 101 cm³/mol. The smallest absolute Gasteiger partial charge is 0.239 e. The maximum Gasteiger partial charge on any atom is 0.239 e. The Balaban J connectivity index is 1.77. The maximum atomic E-state index is 12.1. The standard InChI is InChI=1S/C20H27N3O2/c1-3-23(4-2)13-12-21-20(25)15-22-19(24)14-17-10-7-9-16-8-5-6-11-18(16)17/h5-11H,3-4,12-15H2,1-2H3,(H,21,25)(H,22,24). The predicted octanol–water partition coefficient (Wildman–Crippen LogP) is 1.96. The van der Waals surface area contributed by atoms with Gasteiger partial charge in [0, 0.05) is 13.1 Å². The first-order valence-corrected chi connectivity index (χ1v) is 8.86. The molecule has 2 amide bonds. The van der Waals surface area contributed by atoms with Gasteiger partial charge in [-0.2, -0.15) is 0 Å². The van der Waals surface area contributed by atoms with Gasteiger partial charge in [-0.15, -0.1) is 0 Å². The first-order valence-electron chi connectivity index (χ1n) is 8.86. The Bertz CT molecular complexity index is 706. The van der Waals surface area contributed by atoms with E-state index in [0.29, 0.717) is 6.54 Å². The lowest BCUT2D eigenvalue weighted by molar-refractivity contribution is -0.125. The highest BCUT2D eigenvalue weighted by Gasteiger charge is 2.09. The highest BCUT2D eigenvalue weighted by Crippen LogP contribution is 2.18. The number of benzene rings is 2. The molecule has 2 aromatic rings. The molecule has 2 aromatic carbocycles. The van der Waals surface area contributed by atoms with Gasteiger partial charge in [0.15, 0.2) is 0 Å². The van der Waals surface area contributed by atoms with Crippen LogP contribution in [0.1, 0.15) is 19.4 Å². The number of rotatable bonds is 9. The van der Waals surface area contributed by atoms with Crippen LogP contribution in [-0.4, -0.2) is 49.4 Å². The van der Waals surface area contributed by atoms with Gasteiger partial charge in [-0.25, -0.2) is 0 Å². The normalized spacial score (nSPS) is 10.8. The van der Waals surface area contributed by atoms with E-state index in [1.165, 1.54) is 0 Å². The average Bonchev–Trinajstić information content (AvgIpc) is 2.64. The second-order valence-corrected chi connectivity index (χ2v) is 5.97. The summed E-state index contributed by atoms with van der Waals surface area (Å²) in [5.74, 6) is -0.298. The fraction of sp³-hybridized carbons (Fsp3) is 0.400. The van der Waals surface area contributed by atoms with Crippen molar-refractivity contribution in [3.05, 3.63) is 48.0 Å². The molecule has 2 N–H and O–H groups in total. The molecular formula is C20H27N3O2. The van der Waals surface area contributed by atoms with E-state index < -0.39 is 0 Å². The lowest BCUT2D eigenvalue weighted by atomic mass is 10.0. The van der Waals surface area contributed by atoms with Crippen LogP contribution in [-0.2, 0) is 16.0 Å². The number of nitrogens with one attached hydrogen (secondary N) is 2. The largest absolute Gasteiger partial charge is 0.353 e. The summed E-state index contributed by atoms with van der Waals surface area (Å²) in [6.45, 7) is 7.56. The van der Waals surface area contributed by atoms with Gasteiger partial charge in [0.1, 0.15) is 0 Å². The molecule has 0 unspecified atom stereocenters. The van der Waals surface area contributed by atoms with Crippen molar-refractivity contribution in [3.63, 3.8) is 0 Å². The molecule has 0 saturated heterocycles. The number of carbonyl (C=O) groups excluding carboxylic acids is 2. The highest BCUT2D eigenvalue weighted by atomic mass is 16.2. The fourth-order valence-electron chi connectivity index (χ4n) is 2.82. The van der Waals surface area contributed by atoms with E-state index in [-0.39, 0.29) is 24.8 Å². The van der Waals surface area contributed by atoms with Crippen molar-refractivity contribution in [2.24, 2.45) is 0 Å². The number of carbonyl (C=O) groups is 2. The van der Waals surface area contributed by atoms with E-state index in [1.807, 2.05) is 42.5 Å². The zero-order valence-electron chi connectivity index (χ0n) is 15.0. The number of fused-ring (bicyclic) bond motifs is 1. The molecule has 0 aromatic heterocycles. The van der Waals surface area contributed by atoms with Crippen molar-refractivity contribution in [2.45, 2.75) is 20.3 Å². The highest BCUT2D eigenvalue weighted by molar-refractivity contribution is 5.91. The van der Waals surface area contributed by atoms with Gasteiger partial charge in [0.05, 0.1) is 13.0 Å². The van der Waals surface area contributed by atoms with Crippen LogP contribution in [0.2, 0.25) is 0 Å². The van der Waals surface area contributed by atoms with Crippen LogP contribution < -0.4 is 10.6 Å². The van der Waals surface area contributed by atoms with E-state index in [4.69, 9.17) is 0 Å². The molecule has 0 spiro atoms. The van der Waals surface area contributed by atoms with Gasteiger partial charge in [0.2, 0.25) is 11.8 Å². The number of hydrogen-bond acceptors (Lipinski definition) is 3. The lowest BCUT2D eigenvalue weighted by Crippen LogP contribution is -2.40. The van der Waals surface area contributed by atoms with Crippen molar-refractivity contribution in [1.29, 1.82) is 0 Å². The Morgan fingerprint density at radius 3 is 2.40 bits per heavy atom. The minimum absolute atomic E-state index is 0.0157. The lowest BCUT2D eigenvalue weighted by Gasteiger charge is -2.18. The SMILES string of the molecule is CCN(CC)CCNC(=O)CNC(=O)Cc1cccc2ccccc12. The molecule has 134 valence electrons. The number of nitrogens with zero attached hydrogens (tertiary/aromatic N) is 1. The van der Waals surface area contributed by atoms with Crippen molar-refractivity contribution < 1.29 is 9.59 Å². The zero-order valence-corrected chi connectivity index (χ0v) is 15.0. The van der Waals surface area contributed by atoms with Crippen LogP contribution in [0.5, 0.6) is 0 Å². The summed E-state index contributed by atoms with van der Waals surface area (Å²) < 4.78 is 0. The van der Waals surface area contributed by atoms with Crippen LogP contribution >= 0.6 is 0 Å². The monoisotopic (exact) mass is 341 g/mol. The van der Waals surface area contributed by atoms with Crippen LogP contribution in [0.25, 0.3) is 10.8 Å². The van der Waals surface area contributed by atoms with Crippen molar-refractivity contribution >= 4 is 22.6 Å². The van der Waals surface area contributed by atoms with Gasteiger partial charge in [0.25, 0.3) is 0 Å². The Morgan fingerprint density at radius 2 is 1.64 bits per heavy atom. The zero-order chi connectivity index (χ0) is 18.1. The number of hydrogen-bond donors (Lipinski definition) is 2. The third-order valence-electron chi connectivity index (χ3n) is 4.32. The molecule has 2 rings (SSSR count). The molecule has 0 atom stereocenters. The van der Waals surface area contributed by atoms with E-state index in [1.54, 1.807) is 0 Å². The van der Waals surface area contributed by atoms with Gasteiger partial charge < -0.3 is 15.5 Å². The summed E-state index contributed by atoms with van der Waals surface area (Å²) in [5, 5.41) is 7.72. The van der Waals surface area contributed by atoms with E-state index in [0.717, 1.165) is 36.0 Å². The molecule has 5 nitrogen and oxygen atoms in total. The molecule has 0 fully saturated rings. The molecule has 0 aliphatic heterocycles. The van der Waals surface area contributed by atoms with Crippen LogP contribution in [0, 0.1) is 0 Å². The molecule has 0 aliphatic rings. The van der Waals surface area contributed by atoms with Crippen LogP contribution in [0.3, 0.4) is 0 Å². The molecule has 0 saturated carbocycles. The summed E-state index contributed by atoms with van der Waals surface area (Å²) in [7, 11) is 0. The van der Waals surface area contributed by atoms with Gasteiger partial charge in [-0.05, 0) is 29.4 Å². The molecule has 0 aliphatic carbocycles. The van der Waals surface area contributed by atoms with Crippen molar-refractivity contribution in [2.75, 3.05) is 32.7 Å². The van der Waals surface area contributed by atoms with Gasteiger partial charge in [-0.3, -0.25) is 9.59 Å². The topological polar surface area (TPSA) is 61.4 Å². The molecule has 25 heavy (non-hydrogen) atoms. The van der Waals surface area contributed by atoms with Gasteiger partial charge >= 0.3 is 0 Å². The Kier molecular flexibility index (Phi) is 7.41. The second-order valence-electron chi connectivity index (χ2n) is 5.97. The molecule has 5 heteroatoms. The first kappa shape index (κ1) is 18.9. The summed E-state index contributed by atoms with van der Waals surface area (Å²) >= 11 is 0. The minimum atomic E-state index is -0.154. The number of amides is 2. The van der Waals surface area contributed by atoms with Crippen molar-refractivity contribution in [1.82, 2.24) is 15.5 Å². The molecule has 0 heterocycles. The second kappa shape index (κ2) is 9.79. The van der Waals surface area contributed by atoms with Crippen LogP contribution in [0.15, 0.2) is 42.5 Å². The molecule has 0 radical (unpaired) electrons. The quantitative estimate of drug-likeness (QED) is 0.733. The Labute approximate surface area is 149 Å². The Hall–Kier alpha value is -2.40. The third-order valence-corrected chi connectivity index (χ3v) is 4.32. The van der Waals surface area contributed by atoms with E-state index in [9.17, 15) is 9.59 Å². The summed E-state index contributed by atoms with van der Waals surface area (Å²) in [6, 6.07) is 13.9. The third kappa shape index (κ3) is 5.87. The molecular weight excluding hydrogens is 314 g/mol. The summed E-state index contributed by atoms with van der Waals surface area (Å²) in [6.07, 6.45) is 0.272. The summed E-state index contributed by atoms with van der Waals surface area (Å²) in [4.78, 5) is 26.2. The Morgan fingerprint density at radius 1 is 0.920 bits per heavy atom. The van der Waals surface area contributed by atoms with Crippen molar-refractivity contribution in [3.8, 4) is 0 Å². The van der Waals surface area contributed by atoms with E-state index in [2.05, 4.69) is 29.4 Å². The number of likely N-dealkylation sites (N-methyl/N-ethyl adjacent to an activating group) is 1. The summed E-state index contributed by atoms with van der Waals surface area (Å²) in [5.41, 5.74) is 0.970. The van der Waals surface area contributed by atoms with Gasteiger partial charge in [-0.1, -0.05) is 56.3 Å². The van der Waals surface area contributed by atoms with Crippen LogP contribution in [0.4, 0.5) is 0 Å². The first-order chi connectivity index (χ1) is 12.1. The molecule has 0 bridgehead atoms.